The molecule has 2 heterocycles. The molecule has 0 unspecified atom stereocenters. The van der Waals surface area contributed by atoms with Gasteiger partial charge in [0, 0.05) is 31.0 Å². The van der Waals surface area contributed by atoms with E-state index in [1.165, 1.54) is 18.5 Å². The van der Waals surface area contributed by atoms with Gasteiger partial charge in [-0.15, -0.1) is 24.8 Å². The highest BCUT2D eigenvalue weighted by Gasteiger charge is 2.28. The highest BCUT2D eigenvalue weighted by Crippen LogP contribution is 2.23. The summed E-state index contributed by atoms with van der Waals surface area (Å²) in [4.78, 5) is 14.7. The third kappa shape index (κ3) is 4.98. The third-order valence-corrected chi connectivity index (χ3v) is 4.18. The molecule has 2 aliphatic rings. The number of anilines is 2. The quantitative estimate of drug-likeness (QED) is 0.867. The molecule has 2 fully saturated rings. The molecule has 0 aromatic heterocycles. The molecule has 2 aliphatic heterocycles. The lowest BCUT2D eigenvalue weighted by Gasteiger charge is -2.29. The highest BCUT2D eigenvalue weighted by molar-refractivity contribution is 5.95. The average Bonchev–Trinajstić information content (AvgIpc) is 3.02. The second-order valence-electron chi connectivity index (χ2n) is 5.74. The van der Waals surface area contributed by atoms with Crippen LogP contribution in [0.3, 0.4) is 0 Å². The summed E-state index contributed by atoms with van der Waals surface area (Å²) in [7, 11) is 0. The summed E-state index contributed by atoms with van der Waals surface area (Å²) >= 11 is 0. The van der Waals surface area contributed by atoms with E-state index in [1.807, 2.05) is 19.1 Å². The second-order valence-corrected chi connectivity index (χ2v) is 5.74. The van der Waals surface area contributed by atoms with Gasteiger partial charge in [-0.3, -0.25) is 4.79 Å². The van der Waals surface area contributed by atoms with Crippen LogP contribution in [0.25, 0.3) is 0 Å². The summed E-state index contributed by atoms with van der Waals surface area (Å²) in [6.45, 7) is 5.52. The van der Waals surface area contributed by atoms with E-state index < -0.39 is 0 Å². The van der Waals surface area contributed by atoms with Crippen LogP contribution in [-0.2, 0) is 9.53 Å². The molecule has 3 rings (SSSR count). The fraction of sp³-hybridized carbons (Fsp3) is 0.562. The van der Waals surface area contributed by atoms with Crippen LogP contribution >= 0.6 is 24.8 Å². The molecule has 0 aliphatic carbocycles. The lowest BCUT2D eigenvalue weighted by Crippen LogP contribution is -2.53. The molecule has 1 aromatic rings. The second kappa shape index (κ2) is 9.33. The van der Waals surface area contributed by atoms with Crippen LogP contribution in [0.1, 0.15) is 19.8 Å². The number of benzene rings is 1. The molecule has 0 spiro atoms. The molecular formula is C16H25Cl2N3O2. The number of hydrogen-bond acceptors (Lipinski definition) is 4. The summed E-state index contributed by atoms with van der Waals surface area (Å²) < 4.78 is 5.52. The van der Waals surface area contributed by atoms with Crippen LogP contribution in [0.15, 0.2) is 24.3 Å². The molecule has 1 amide bonds. The third-order valence-electron chi connectivity index (χ3n) is 4.18. The van der Waals surface area contributed by atoms with E-state index in [0.717, 1.165) is 25.3 Å². The Bertz CT molecular complexity index is 510. The smallest absolute Gasteiger partial charge is 0.244 e. The van der Waals surface area contributed by atoms with Crippen molar-refractivity contribution < 1.29 is 9.53 Å². The molecule has 23 heavy (non-hydrogen) atoms. The zero-order valence-electron chi connectivity index (χ0n) is 13.3. The number of nitrogens with zero attached hydrogens (tertiary/aromatic N) is 1. The van der Waals surface area contributed by atoms with Crippen molar-refractivity contribution >= 4 is 42.1 Å². The van der Waals surface area contributed by atoms with E-state index in [4.69, 9.17) is 4.74 Å². The molecule has 7 heteroatoms. The number of rotatable bonds is 3. The molecule has 1 aromatic carbocycles. The number of amides is 1. The zero-order valence-corrected chi connectivity index (χ0v) is 14.9. The van der Waals surface area contributed by atoms with Gasteiger partial charge in [0.1, 0.15) is 6.04 Å². The van der Waals surface area contributed by atoms with Crippen molar-refractivity contribution in [2.24, 2.45) is 0 Å². The van der Waals surface area contributed by atoms with Gasteiger partial charge < -0.3 is 20.3 Å². The van der Waals surface area contributed by atoms with Crippen LogP contribution in [0.4, 0.5) is 11.4 Å². The number of carbonyl (C=O) groups excluding carboxylic acids is 1. The highest BCUT2D eigenvalue weighted by atomic mass is 35.5. The van der Waals surface area contributed by atoms with E-state index in [9.17, 15) is 4.79 Å². The van der Waals surface area contributed by atoms with Gasteiger partial charge in [0.2, 0.25) is 5.91 Å². The summed E-state index contributed by atoms with van der Waals surface area (Å²) in [5.74, 6) is -0.0271. The van der Waals surface area contributed by atoms with Crippen LogP contribution < -0.4 is 15.5 Å². The minimum absolute atomic E-state index is 0. The molecule has 2 N–H and O–H groups in total. The number of morpholine rings is 1. The number of carbonyl (C=O) groups is 1. The van der Waals surface area contributed by atoms with E-state index >= 15 is 0 Å². The molecule has 130 valence electrons. The summed E-state index contributed by atoms with van der Waals surface area (Å²) in [6, 6.07) is 7.81. The van der Waals surface area contributed by atoms with Crippen molar-refractivity contribution in [3.05, 3.63) is 24.3 Å². The maximum atomic E-state index is 12.3. The Morgan fingerprint density at radius 2 is 2.04 bits per heavy atom. The van der Waals surface area contributed by atoms with Gasteiger partial charge in [-0.1, -0.05) is 6.07 Å². The molecule has 2 saturated heterocycles. The van der Waals surface area contributed by atoms with Crippen molar-refractivity contribution in [1.82, 2.24) is 5.32 Å². The Labute approximate surface area is 150 Å². The van der Waals surface area contributed by atoms with Gasteiger partial charge in [0.05, 0.1) is 12.7 Å². The first-order chi connectivity index (χ1) is 10.2. The van der Waals surface area contributed by atoms with E-state index in [-0.39, 0.29) is 42.9 Å². The Hall–Kier alpha value is -1.01. The molecule has 0 bridgehead atoms. The first-order valence-corrected chi connectivity index (χ1v) is 7.75. The van der Waals surface area contributed by atoms with Gasteiger partial charge in [-0.2, -0.15) is 0 Å². The largest absolute Gasteiger partial charge is 0.375 e. The topological polar surface area (TPSA) is 53.6 Å². The number of ether oxygens (including phenoxy) is 1. The predicted molar refractivity (Wildman–Crippen MR) is 98.2 cm³/mol. The fourth-order valence-electron chi connectivity index (χ4n) is 3.00. The average molecular weight is 362 g/mol. The summed E-state index contributed by atoms with van der Waals surface area (Å²) in [5.41, 5.74) is 2.04. The lowest BCUT2D eigenvalue weighted by atomic mass is 10.1. The standard InChI is InChI=1S/C16H23N3O2.2ClH/c1-12-15(17-7-10-21-12)16(20)18-13-5-4-6-14(11-13)19-8-2-3-9-19;;/h4-6,11-12,15,17H,2-3,7-10H2,1H3,(H,18,20);2*1H/t12-,15+;;/m1../s1. The summed E-state index contributed by atoms with van der Waals surface area (Å²) in [5, 5.41) is 6.21. The van der Waals surface area contributed by atoms with E-state index in [2.05, 4.69) is 27.7 Å². The van der Waals surface area contributed by atoms with Crippen molar-refractivity contribution in [3.8, 4) is 0 Å². The molecule has 0 saturated carbocycles. The van der Waals surface area contributed by atoms with Gasteiger partial charge in [-0.05, 0) is 38.0 Å². The predicted octanol–water partition coefficient (Wildman–Crippen LogP) is 2.45. The van der Waals surface area contributed by atoms with Crippen molar-refractivity contribution in [1.29, 1.82) is 0 Å². The van der Waals surface area contributed by atoms with Crippen LogP contribution in [-0.4, -0.2) is 44.3 Å². The first-order valence-electron chi connectivity index (χ1n) is 7.75. The summed E-state index contributed by atoms with van der Waals surface area (Å²) in [6.07, 6.45) is 2.40. The number of hydrogen-bond donors (Lipinski definition) is 2. The fourth-order valence-corrected chi connectivity index (χ4v) is 3.00. The molecular weight excluding hydrogens is 337 g/mol. The van der Waals surface area contributed by atoms with Gasteiger partial charge in [-0.25, -0.2) is 0 Å². The molecule has 2 atom stereocenters. The lowest BCUT2D eigenvalue weighted by molar-refractivity contribution is -0.123. The first kappa shape index (κ1) is 20.0. The molecule has 5 nitrogen and oxygen atoms in total. The van der Waals surface area contributed by atoms with Gasteiger partial charge in [0.15, 0.2) is 0 Å². The maximum absolute atomic E-state index is 12.3. The van der Waals surface area contributed by atoms with E-state index in [0.29, 0.717) is 6.61 Å². The van der Waals surface area contributed by atoms with Gasteiger partial charge >= 0.3 is 0 Å². The number of halogens is 2. The SMILES string of the molecule is C[C@H]1OCCN[C@@H]1C(=O)Nc1cccc(N2CCCC2)c1.Cl.Cl. The van der Waals surface area contributed by atoms with Crippen molar-refractivity contribution in [2.45, 2.75) is 31.9 Å². The van der Waals surface area contributed by atoms with Crippen LogP contribution in [0.2, 0.25) is 0 Å². The van der Waals surface area contributed by atoms with E-state index in [1.54, 1.807) is 0 Å². The van der Waals surface area contributed by atoms with Crippen molar-refractivity contribution in [3.63, 3.8) is 0 Å². The Kier molecular flexibility index (Phi) is 8.12. The zero-order chi connectivity index (χ0) is 14.7. The normalized spacial score (nSPS) is 23.6. The minimum Gasteiger partial charge on any atom is -0.375 e. The van der Waals surface area contributed by atoms with Crippen LogP contribution in [0.5, 0.6) is 0 Å². The molecule has 0 radical (unpaired) electrons. The maximum Gasteiger partial charge on any atom is 0.244 e. The van der Waals surface area contributed by atoms with Gasteiger partial charge in [0.25, 0.3) is 0 Å². The monoisotopic (exact) mass is 361 g/mol. The minimum atomic E-state index is -0.283. The Morgan fingerprint density at radius 3 is 2.74 bits per heavy atom. The number of nitrogens with one attached hydrogen (secondary N) is 2. The van der Waals surface area contributed by atoms with Crippen LogP contribution in [0, 0.1) is 0 Å². The Morgan fingerprint density at radius 1 is 1.30 bits per heavy atom. The Balaban J connectivity index is 0.00000132. The van der Waals surface area contributed by atoms with Crippen molar-refractivity contribution in [2.75, 3.05) is 36.5 Å².